The third kappa shape index (κ3) is 4.14. The Morgan fingerprint density at radius 1 is 0.708 bits per heavy atom. The summed E-state index contributed by atoms with van der Waals surface area (Å²) in [5.41, 5.74) is 4.18. The van der Waals surface area contributed by atoms with Crippen molar-refractivity contribution in [2.75, 3.05) is 5.32 Å². The van der Waals surface area contributed by atoms with Gasteiger partial charge in [-0.25, -0.2) is 0 Å². The van der Waals surface area contributed by atoms with Crippen LogP contribution < -0.4 is 5.32 Å². The summed E-state index contributed by atoms with van der Waals surface area (Å²) in [5.74, 6) is 0.0417. The van der Waals surface area contributed by atoms with Crippen molar-refractivity contribution in [3.63, 3.8) is 0 Å². The molecule has 0 aliphatic carbocycles. The van der Waals surface area contributed by atoms with Gasteiger partial charge in [0, 0.05) is 16.9 Å². The molecule has 118 valence electrons. The first-order valence-corrected chi connectivity index (χ1v) is 7.65. The number of rotatable bonds is 5. The topological polar surface area (TPSA) is 53.8 Å². The molecule has 0 aliphatic rings. The van der Waals surface area contributed by atoms with Crippen LogP contribution in [0, 0.1) is 0 Å². The van der Waals surface area contributed by atoms with E-state index in [9.17, 15) is 4.79 Å². The zero-order valence-electron chi connectivity index (χ0n) is 13.3. The monoisotopic (exact) mass is 315 g/mol. The Hall–Kier alpha value is -3.27. The van der Waals surface area contributed by atoms with E-state index >= 15 is 0 Å². The normalized spacial score (nSPS) is 10.7. The number of benzene rings is 3. The quantitative estimate of drug-likeness (QED) is 0.460. The van der Waals surface area contributed by atoms with Gasteiger partial charge in [-0.1, -0.05) is 18.2 Å². The lowest BCUT2D eigenvalue weighted by Crippen LogP contribution is -1.89. The Morgan fingerprint density at radius 3 is 1.75 bits per heavy atom. The predicted octanol–water partition coefficient (Wildman–Crippen LogP) is 6.05. The zero-order chi connectivity index (χ0) is 16.8. The molecule has 0 atom stereocenters. The molecular formula is C20H17N3O. The van der Waals surface area contributed by atoms with Gasteiger partial charge in [0.05, 0.1) is 11.4 Å². The minimum absolute atomic E-state index is 0.0417. The summed E-state index contributed by atoms with van der Waals surface area (Å²) in [4.78, 5) is 11.2. The minimum Gasteiger partial charge on any atom is -0.356 e. The van der Waals surface area contributed by atoms with Gasteiger partial charge < -0.3 is 5.32 Å². The van der Waals surface area contributed by atoms with Crippen LogP contribution in [0.1, 0.15) is 17.3 Å². The molecule has 0 heterocycles. The second-order valence-electron chi connectivity index (χ2n) is 5.34. The van der Waals surface area contributed by atoms with Crippen LogP contribution in [0.2, 0.25) is 0 Å². The zero-order valence-corrected chi connectivity index (χ0v) is 13.3. The van der Waals surface area contributed by atoms with Crippen molar-refractivity contribution >= 4 is 28.5 Å². The van der Waals surface area contributed by atoms with Crippen molar-refractivity contribution in [1.29, 1.82) is 0 Å². The Labute approximate surface area is 140 Å². The molecule has 1 N–H and O–H groups in total. The van der Waals surface area contributed by atoms with E-state index in [0.29, 0.717) is 11.3 Å². The first kappa shape index (κ1) is 15.6. The van der Waals surface area contributed by atoms with Crippen LogP contribution in [0.3, 0.4) is 0 Å². The number of hydrogen-bond acceptors (Lipinski definition) is 4. The number of ketones is 1. The lowest BCUT2D eigenvalue weighted by molar-refractivity contribution is 0.101. The third-order valence-electron chi connectivity index (χ3n) is 3.48. The predicted molar refractivity (Wildman–Crippen MR) is 96.8 cm³/mol. The molecule has 0 spiro atoms. The van der Waals surface area contributed by atoms with Crippen LogP contribution in [0.4, 0.5) is 22.7 Å². The van der Waals surface area contributed by atoms with E-state index in [2.05, 4.69) is 15.5 Å². The van der Waals surface area contributed by atoms with Crippen LogP contribution in [-0.2, 0) is 0 Å². The van der Waals surface area contributed by atoms with E-state index in [1.807, 2.05) is 54.6 Å². The highest BCUT2D eigenvalue weighted by Gasteiger charge is 1.98. The van der Waals surface area contributed by atoms with Gasteiger partial charge in [-0.2, -0.15) is 10.2 Å². The molecule has 0 unspecified atom stereocenters. The average molecular weight is 315 g/mol. The Balaban J connectivity index is 1.66. The molecule has 0 bridgehead atoms. The summed E-state index contributed by atoms with van der Waals surface area (Å²) in [6.07, 6.45) is 0. The van der Waals surface area contributed by atoms with Crippen molar-refractivity contribution in [1.82, 2.24) is 0 Å². The van der Waals surface area contributed by atoms with E-state index in [0.717, 1.165) is 17.1 Å². The van der Waals surface area contributed by atoms with Crippen molar-refractivity contribution < 1.29 is 4.79 Å². The number of carbonyl (C=O) groups excluding carboxylic acids is 1. The first-order chi connectivity index (χ1) is 11.7. The maximum absolute atomic E-state index is 11.2. The maximum atomic E-state index is 11.2. The number of azo groups is 1. The summed E-state index contributed by atoms with van der Waals surface area (Å²) in [7, 11) is 0. The van der Waals surface area contributed by atoms with E-state index in [1.54, 1.807) is 31.2 Å². The van der Waals surface area contributed by atoms with Gasteiger partial charge in [0.2, 0.25) is 0 Å². The fourth-order valence-electron chi connectivity index (χ4n) is 2.18. The first-order valence-electron chi connectivity index (χ1n) is 7.65. The molecule has 3 aromatic carbocycles. The van der Waals surface area contributed by atoms with Gasteiger partial charge in [0.15, 0.2) is 5.78 Å². The number of nitrogens with one attached hydrogen (secondary N) is 1. The SMILES string of the molecule is CC(=O)c1ccc(N=Nc2ccc(Nc3ccccc3)cc2)cc1. The minimum atomic E-state index is 0.0417. The number of Topliss-reactive ketones (excluding diaryl/α,β-unsaturated/α-hetero) is 1. The lowest BCUT2D eigenvalue weighted by Gasteiger charge is -2.05. The molecule has 0 amide bonds. The molecule has 0 fully saturated rings. The fourth-order valence-corrected chi connectivity index (χ4v) is 2.18. The Bertz CT molecular complexity index is 838. The molecule has 0 aliphatic heterocycles. The highest BCUT2D eigenvalue weighted by atomic mass is 16.1. The summed E-state index contributed by atoms with van der Waals surface area (Å²) >= 11 is 0. The van der Waals surface area contributed by atoms with Gasteiger partial charge >= 0.3 is 0 Å². The van der Waals surface area contributed by atoms with Gasteiger partial charge in [0.25, 0.3) is 0 Å². The number of para-hydroxylation sites is 1. The molecule has 0 radical (unpaired) electrons. The van der Waals surface area contributed by atoms with Gasteiger partial charge in [-0.3, -0.25) is 4.79 Å². The summed E-state index contributed by atoms with van der Waals surface area (Å²) < 4.78 is 0. The molecule has 0 aromatic heterocycles. The molecule has 4 nitrogen and oxygen atoms in total. The largest absolute Gasteiger partial charge is 0.356 e. The maximum Gasteiger partial charge on any atom is 0.159 e. The smallest absolute Gasteiger partial charge is 0.159 e. The van der Waals surface area contributed by atoms with Crippen molar-refractivity contribution in [2.45, 2.75) is 6.92 Å². The van der Waals surface area contributed by atoms with Crippen molar-refractivity contribution in [2.24, 2.45) is 10.2 Å². The highest BCUT2D eigenvalue weighted by molar-refractivity contribution is 5.94. The molecule has 3 rings (SSSR count). The van der Waals surface area contributed by atoms with E-state index < -0.39 is 0 Å². The van der Waals surface area contributed by atoms with Crippen molar-refractivity contribution in [3.05, 3.63) is 84.4 Å². The average Bonchev–Trinajstić information content (AvgIpc) is 2.62. The third-order valence-corrected chi connectivity index (χ3v) is 3.48. The van der Waals surface area contributed by atoms with Crippen LogP contribution in [-0.4, -0.2) is 5.78 Å². The van der Waals surface area contributed by atoms with Crippen LogP contribution >= 0.6 is 0 Å². The molecule has 0 saturated carbocycles. The lowest BCUT2D eigenvalue weighted by atomic mass is 10.1. The second-order valence-corrected chi connectivity index (χ2v) is 5.34. The molecule has 0 saturated heterocycles. The Morgan fingerprint density at radius 2 is 1.21 bits per heavy atom. The van der Waals surface area contributed by atoms with E-state index in [-0.39, 0.29) is 5.78 Å². The van der Waals surface area contributed by atoms with Crippen molar-refractivity contribution in [3.8, 4) is 0 Å². The van der Waals surface area contributed by atoms with Gasteiger partial charge in [0.1, 0.15) is 0 Å². The summed E-state index contributed by atoms with van der Waals surface area (Å²) in [6.45, 7) is 1.54. The summed E-state index contributed by atoms with van der Waals surface area (Å²) in [6, 6.07) is 24.8. The standard InChI is InChI=1S/C20H17N3O/c1-15(24)16-7-9-19(10-8-16)22-23-20-13-11-18(12-14-20)21-17-5-3-2-4-6-17/h2-14,21H,1H3. The van der Waals surface area contributed by atoms with Gasteiger partial charge in [-0.15, -0.1) is 0 Å². The fraction of sp³-hybridized carbons (Fsp3) is 0.0500. The molecular weight excluding hydrogens is 298 g/mol. The Kier molecular flexibility index (Phi) is 4.77. The highest BCUT2D eigenvalue weighted by Crippen LogP contribution is 2.22. The summed E-state index contributed by atoms with van der Waals surface area (Å²) in [5, 5.41) is 11.7. The van der Waals surface area contributed by atoms with Crippen LogP contribution in [0.25, 0.3) is 0 Å². The molecule has 4 heteroatoms. The molecule has 3 aromatic rings. The van der Waals surface area contributed by atoms with Gasteiger partial charge in [-0.05, 0) is 67.6 Å². The molecule has 24 heavy (non-hydrogen) atoms. The second kappa shape index (κ2) is 7.33. The number of nitrogens with zero attached hydrogens (tertiary/aromatic N) is 2. The van der Waals surface area contributed by atoms with E-state index in [1.165, 1.54) is 0 Å². The van der Waals surface area contributed by atoms with E-state index in [4.69, 9.17) is 0 Å². The number of anilines is 2. The van der Waals surface area contributed by atoms with Crippen LogP contribution in [0.15, 0.2) is 89.1 Å². The number of hydrogen-bond donors (Lipinski definition) is 1. The van der Waals surface area contributed by atoms with Crippen LogP contribution in [0.5, 0.6) is 0 Å². The number of carbonyl (C=O) groups is 1.